The summed E-state index contributed by atoms with van der Waals surface area (Å²) in [4.78, 5) is 19.3. The molecule has 2 aliphatic rings. The molecule has 2 N–H and O–H groups in total. The molecule has 2 atom stereocenters. The number of aliphatic hydroxyl groups excluding tert-OH is 1. The van der Waals surface area contributed by atoms with E-state index in [1.807, 2.05) is 23.9 Å². The fourth-order valence-corrected chi connectivity index (χ4v) is 4.34. The van der Waals surface area contributed by atoms with E-state index in [4.69, 9.17) is 0 Å². The third-order valence-corrected chi connectivity index (χ3v) is 5.89. The van der Waals surface area contributed by atoms with Crippen LogP contribution in [0.4, 0.5) is 5.82 Å². The second-order valence-corrected chi connectivity index (χ2v) is 7.85. The summed E-state index contributed by atoms with van der Waals surface area (Å²) in [5.74, 6) is 0.837. The van der Waals surface area contributed by atoms with Gasteiger partial charge in [-0.15, -0.1) is 0 Å². The summed E-state index contributed by atoms with van der Waals surface area (Å²) in [6.07, 6.45) is 3.52. The van der Waals surface area contributed by atoms with E-state index in [9.17, 15) is 9.90 Å². The molecule has 0 aliphatic carbocycles. The van der Waals surface area contributed by atoms with Crippen LogP contribution in [0.5, 0.6) is 0 Å². The normalized spacial score (nSPS) is 25.7. The molecule has 2 aromatic rings. The Morgan fingerprint density at radius 2 is 2.22 bits per heavy atom. The molecule has 27 heavy (non-hydrogen) atoms. The van der Waals surface area contributed by atoms with Gasteiger partial charge in [0.25, 0.3) is 0 Å². The zero-order valence-corrected chi connectivity index (χ0v) is 16.0. The Morgan fingerprint density at radius 3 is 2.89 bits per heavy atom. The molecule has 7 nitrogen and oxygen atoms in total. The molecule has 7 heteroatoms. The average Bonchev–Trinajstić information content (AvgIpc) is 2.97. The van der Waals surface area contributed by atoms with Gasteiger partial charge in [-0.3, -0.25) is 9.48 Å². The summed E-state index contributed by atoms with van der Waals surface area (Å²) in [5.41, 5.74) is 2.53. The second kappa shape index (κ2) is 6.96. The predicted octanol–water partition coefficient (Wildman–Crippen LogP) is 1.41. The van der Waals surface area contributed by atoms with E-state index in [1.54, 1.807) is 0 Å². The van der Waals surface area contributed by atoms with Crippen molar-refractivity contribution in [1.82, 2.24) is 20.1 Å². The van der Waals surface area contributed by atoms with Crippen LogP contribution in [0.3, 0.4) is 0 Å². The number of nitrogens with zero attached hydrogens (tertiary/aromatic N) is 4. The maximum absolute atomic E-state index is 12.5. The molecular formula is C20H27N5O2. The summed E-state index contributed by atoms with van der Waals surface area (Å²) >= 11 is 0. The van der Waals surface area contributed by atoms with Gasteiger partial charge in [-0.05, 0) is 50.8 Å². The maximum atomic E-state index is 12.5. The number of hydrogen-bond acceptors (Lipinski definition) is 5. The third-order valence-electron chi connectivity index (χ3n) is 5.89. The number of pyridine rings is 1. The second-order valence-electron chi connectivity index (χ2n) is 7.85. The van der Waals surface area contributed by atoms with Crippen LogP contribution in [-0.4, -0.2) is 51.5 Å². The minimum Gasteiger partial charge on any atom is -0.392 e. The van der Waals surface area contributed by atoms with E-state index in [0.29, 0.717) is 32.6 Å². The van der Waals surface area contributed by atoms with Crippen LogP contribution >= 0.6 is 0 Å². The van der Waals surface area contributed by atoms with Gasteiger partial charge in [0.1, 0.15) is 5.82 Å². The number of nitrogens with one attached hydrogen (secondary N) is 1. The first kappa shape index (κ1) is 18.0. The number of carbonyl (C=O) groups excluding carboxylic acids is 1. The monoisotopic (exact) mass is 369 g/mol. The molecule has 0 saturated carbocycles. The number of hydrogen-bond donors (Lipinski definition) is 2. The minimum absolute atomic E-state index is 0.0212. The van der Waals surface area contributed by atoms with Crippen LogP contribution in [0.25, 0.3) is 0 Å². The van der Waals surface area contributed by atoms with Crippen LogP contribution in [0.1, 0.15) is 36.2 Å². The topological polar surface area (TPSA) is 83.3 Å². The van der Waals surface area contributed by atoms with Gasteiger partial charge in [-0.2, -0.15) is 5.10 Å². The van der Waals surface area contributed by atoms with Gasteiger partial charge in [0.05, 0.1) is 23.8 Å². The zero-order valence-electron chi connectivity index (χ0n) is 16.0. The average molecular weight is 369 g/mol. The van der Waals surface area contributed by atoms with Crippen molar-refractivity contribution in [3.05, 3.63) is 41.3 Å². The highest BCUT2D eigenvalue weighted by molar-refractivity contribution is 5.85. The summed E-state index contributed by atoms with van der Waals surface area (Å²) in [6, 6.07) is 6.14. The van der Waals surface area contributed by atoms with E-state index < -0.39 is 11.5 Å². The van der Waals surface area contributed by atoms with Gasteiger partial charge in [0.2, 0.25) is 5.91 Å². The smallest absolute Gasteiger partial charge is 0.230 e. The first-order valence-electron chi connectivity index (χ1n) is 9.65. The maximum Gasteiger partial charge on any atom is 0.230 e. The van der Waals surface area contributed by atoms with Crippen molar-refractivity contribution in [3.63, 3.8) is 0 Å². The lowest BCUT2D eigenvalue weighted by Crippen LogP contribution is -2.61. The molecule has 0 radical (unpaired) electrons. The van der Waals surface area contributed by atoms with Crippen molar-refractivity contribution in [2.45, 2.75) is 45.8 Å². The Hall–Kier alpha value is -2.41. The van der Waals surface area contributed by atoms with E-state index in [1.165, 1.54) is 0 Å². The Balaban J connectivity index is 1.50. The minimum atomic E-state index is -0.708. The summed E-state index contributed by atoms with van der Waals surface area (Å²) in [6.45, 7) is 6.66. The Labute approximate surface area is 159 Å². The van der Waals surface area contributed by atoms with Crippen LogP contribution in [0.15, 0.2) is 24.4 Å². The fourth-order valence-electron chi connectivity index (χ4n) is 4.34. The number of aryl methyl sites for hydroxylation is 2. The van der Waals surface area contributed by atoms with Crippen molar-refractivity contribution in [2.75, 3.05) is 24.5 Å². The molecule has 144 valence electrons. The van der Waals surface area contributed by atoms with E-state index in [2.05, 4.69) is 39.4 Å². The molecule has 0 aromatic carbocycles. The van der Waals surface area contributed by atoms with Crippen LogP contribution < -0.4 is 10.2 Å². The highest BCUT2D eigenvalue weighted by atomic mass is 16.3. The molecule has 1 spiro atoms. The van der Waals surface area contributed by atoms with Gasteiger partial charge >= 0.3 is 0 Å². The number of anilines is 1. The van der Waals surface area contributed by atoms with Crippen molar-refractivity contribution in [3.8, 4) is 0 Å². The van der Waals surface area contributed by atoms with Crippen LogP contribution in [0, 0.1) is 19.3 Å². The van der Waals surface area contributed by atoms with Gasteiger partial charge in [-0.25, -0.2) is 4.98 Å². The number of aliphatic hydroxyl groups is 1. The fraction of sp³-hybridized carbons (Fsp3) is 0.550. The van der Waals surface area contributed by atoms with Crippen molar-refractivity contribution < 1.29 is 9.90 Å². The van der Waals surface area contributed by atoms with Crippen molar-refractivity contribution >= 4 is 11.7 Å². The standard InChI is InChI=1S/C20H27N5O2/c1-14-10-15(2)25(23-14)12-16-4-5-18(22-11-16)24-9-6-17(26)20(13-24)7-3-8-21-19(20)27/h4-5,10-11,17,26H,3,6-9,12-13H2,1-2H3,(H,21,27)/t17-,20-/m1/s1. The van der Waals surface area contributed by atoms with Crippen molar-refractivity contribution in [2.24, 2.45) is 5.41 Å². The molecule has 4 rings (SSSR count). The quantitative estimate of drug-likeness (QED) is 0.855. The molecule has 1 amide bonds. The summed E-state index contributed by atoms with van der Waals surface area (Å²) in [5, 5.41) is 18.0. The molecule has 2 aliphatic heterocycles. The van der Waals surface area contributed by atoms with Crippen LogP contribution in [-0.2, 0) is 11.3 Å². The van der Waals surface area contributed by atoms with E-state index >= 15 is 0 Å². The summed E-state index contributed by atoms with van der Waals surface area (Å²) < 4.78 is 1.98. The molecule has 4 heterocycles. The Morgan fingerprint density at radius 1 is 1.37 bits per heavy atom. The third kappa shape index (κ3) is 3.32. The number of piperidine rings is 2. The lowest BCUT2D eigenvalue weighted by atomic mass is 9.71. The number of aromatic nitrogens is 3. The van der Waals surface area contributed by atoms with Gasteiger partial charge < -0.3 is 15.3 Å². The van der Waals surface area contributed by atoms with Gasteiger partial charge in [0, 0.05) is 31.5 Å². The predicted molar refractivity (Wildman–Crippen MR) is 103 cm³/mol. The van der Waals surface area contributed by atoms with Gasteiger partial charge in [0.15, 0.2) is 0 Å². The molecule has 2 fully saturated rings. The van der Waals surface area contributed by atoms with E-state index in [0.717, 1.165) is 35.6 Å². The number of carbonyl (C=O) groups is 1. The molecule has 2 saturated heterocycles. The molecule has 0 unspecified atom stereocenters. The SMILES string of the molecule is Cc1cc(C)n(Cc2ccc(N3CC[C@@H](O)[C@@]4(CCCNC4=O)C3)nc2)n1. The van der Waals surface area contributed by atoms with Crippen LogP contribution in [0.2, 0.25) is 0 Å². The highest BCUT2D eigenvalue weighted by Gasteiger charge is 2.50. The van der Waals surface area contributed by atoms with Crippen molar-refractivity contribution in [1.29, 1.82) is 0 Å². The Kier molecular flexibility index (Phi) is 4.63. The first-order chi connectivity index (χ1) is 13.0. The highest BCUT2D eigenvalue weighted by Crippen LogP contribution is 2.38. The van der Waals surface area contributed by atoms with E-state index in [-0.39, 0.29) is 5.91 Å². The lowest BCUT2D eigenvalue weighted by Gasteiger charge is -2.47. The lowest BCUT2D eigenvalue weighted by molar-refractivity contribution is -0.142. The largest absolute Gasteiger partial charge is 0.392 e. The molecular weight excluding hydrogens is 342 g/mol. The summed E-state index contributed by atoms with van der Waals surface area (Å²) in [7, 11) is 0. The number of rotatable bonds is 3. The Bertz CT molecular complexity index is 831. The van der Waals surface area contributed by atoms with Gasteiger partial charge in [-0.1, -0.05) is 6.07 Å². The molecule has 0 bridgehead atoms. The first-order valence-corrected chi connectivity index (χ1v) is 9.65. The molecule has 2 aromatic heterocycles. The number of amides is 1. The zero-order chi connectivity index (χ0) is 19.0.